The van der Waals surface area contributed by atoms with Gasteiger partial charge in [-0.2, -0.15) is 0 Å². The molecule has 0 fully saturated rings. The van der Waals surface area contributed by atoms with E-state index in [9.17, 15) is 0 Å². The normalized spacial score (nSPS) is 11.3. The molecule has 0 aliphatic carbocycles. The summed E-state index contributed by atoms with van der Waals surface area (Å²) >= 11 is 0. The summed E-state index contributed by atoms with van der Waals surface area (Å²) in [5.41, 5.74) is 10.0. The zero-order chi connectivity index (χ0) is 27.9. The van der Waals surface area contributed by atoms with Gasteiger partial charge < -0.3 is 8.98 Å². The predicted octanol–water partition coefficient (Wildman–Crippen LogP) is 9.83. The highest BCUT2D eigenvalue weighted by atomic mass is 16.4. The van der Waals surface area contributed by atoms with E-state index in [4.69, 9.17) is 4.42 Å². The van der Waals surface area contributed by atoms with Crippen molar-refractivity contribution in [3.8, 4) is 50.8 Å². The number of rotatable bonds is 5. The van der Waals surface area contributed by atoms with Crippen LogP contribution in [0.5, 0.6) is 0 Å². The largest absolute Gasteiger partial charge is 0.416 e. The van der Waals surface area contributed by atoms with Crippen LogP contribution in [-0.2, 0) is 0 Å². The van der Waals surface area contributed by atoms with Gasteiger partial charge in [0.15, 0.2) is 0 Å². The number of fused-ring (bicyclic) bond motifs is 3. The van der Waals surface area contributed by atoms with Gasteiger partial charge in [0.25, 0.3) is 0 Å². The molecule has 42 heavy (non-hydrogen) atoms. The third kappa shape index (κ3) is 4.18. The fraction of sp³-hybridized carbons (Fsp3) is 0. The van der Waals surface area contributed by atoms with E-state index in [-0.39, 0.29) is 0 Å². The molecule has 2 heterocycles. The molecule has 8 rings (SSSR count). The molecule has 4 nitrogen and oxygen atoms in total. The van der Waals surface area contributed by atoms with Gasteiger partial charge in [0, 0.05) is 27.6 Å². The number of benzene rings is 6. The Bertz CT molecular complexity index is 2180. The van der Waals surface area contributed by atoms with Gasteiger partial charge in [-0.25, -0.2) is 0 Å². The van der Waals surface area contributed by atoms with E-state index in [1.165, 1.54) is 38.5 Å². The molecular formula is C38H25N3O. The van der Waals surface area contributed by atoms with Gasteiger partial charge in [0.1, 0.15) is 0 Å². The molecule has 198 valence electrons. The Labute approximate surface area is 243 Å². The average molecular weight is 540 g/mol. The first-order valence-corrected chi connectivity index (χ1v) is 14.0. The number of para-hydroxylation sites is 1. The summed E-state index contributed by atoms with van der Waals surface area (Å²) in [5, 5.41) is 11.0. The third-order valence-electron chi connectivity index (χ3n) is 7.79. The highest BCUT2D eigenvalue weighted by Crippen LogP contribution is 2.36. The van der Waals surface area contributed by atoms with Crippen molar-refractivity contribution in [3.05, 3.63) is 152 Å². The smallest absolute Gasteiger partial charge is 0.248 e. The molecule has 4 heteroatoms. The van der Waals surface area contributed by atoms with Crippen molar-refractivity contribution in [2.75, 3.05) is 0 Å². The first-order valence-electron chi connectivity index (χ1n) is 14.0. The van der Waals surface area contributed by atoms with Crippen LogP contribution in [0.3, 0.4) is 0 Å². The molecule has 6 aromatic carbocycles. The lowest BCUT2D eigenvalue weighted by Crippen LogP contribution is -1.93. The van der Waals surface area contributed by atoms with Crippen LogP contribution in [0.2, 0.25) is 0 Å². The number of hydrogen-bond acceptors (Lipinski definition) is 3. The van der Waals surface area contributed by atoms with Crippen LogP contribution in [0.25, 0.3) is 72.7 Å². The Hall–Kier alpha value is -5.74. The summed E-state index contributed by atoms with van der Waals surface area (Å²) in [6.45, 7) is 0. The van der Waals surface area contributed by atoms with E-state index in [1.807, 2.05) is 42.5 Å². The lowest BCUT2D eigenvalue weighted by atomic mass is 9.98. The second-order valence-electron chi connectivity index (χ2n) is 10.4. The van der Waals surface area contributed by atoms with Gasteiger partial charge in [-0.1, -0.05) is 91.0 Å². The highest BCUT2D eigenvalue weighted by molar-refractivity contribution is 6.10. The molecule has 0 bridgehead atoms. The van der Waals surface area contributed by atoms with E-state index in [0.717, 1.165) is 22.3 Å². The topological polar surface area (TPSA) is 43.9 Å². The summed E-state index contributed by atoms with van der Waals surface area (Å²) in [7, 11) is 0. The molecule has 0 saturated carbocycles. The first kappa shape index (κ1) is 24.1. The van der Waals surface area contributed by atoms with E-state index in [0.29, 0.717) is 11.8 Å². The summed E-state index contributed by atoms with van der Waals surface area (Å²) in [6, 6.07) is 52.8. The van der Waals surface area contributed by atoms with Crippen LogP contribution in [0.1, 0.15) is 0 Å². The van der Waals surface area contributed by atoms with E-state index in [2.05, 4.69) is 124 Å². The molecule has 0 N–H and O–H groups in total. The minimum Gasteiger partial charge on any atom is -0.416 e. The maximum Gasteiger partial charge on any atom is 0.248 e. The van der Waals surface area contributed by atoms with E-state index in [1.54, 1.807) is 0 Å². The first-order chi connectivity index (χ1) is 20.8. The van der Waals surface area contributed by atoms with Gasteiger partial charge in [-0.05, 0) is 82.9 Å². The highest BCUT2D eigenvalue weighted by Gasteiger charge is 2.15. The van der Waals surface area contributed by atoms with Gasteiger partial charge >= 0.3 is 0 Å². The summed E-state index contributed by atoms with van der Waals surface area (Å²) in [6.07, 6.45) is 0. The maximum atomic E-state index is 5.99. The van der Waals surface area contributed by atoms with Crippen LogP contribution in [-0.4, -0.2) is 14.8 Å². The van der Waals surface area contributed by atoms with E-state index < -0.39 is 0 Å². The van der Waals surface area contributed by atoms with Crippen LogP contribution >= 0.6 is 0 Å². The number of hydrogen-bond donors (Lipinski definition) is 0. The molecule has 0 radical (unpaired) electrons. The van der Waals surface area contributed by atoms with Crippen molar-refractivity contribution in [1.29, 1.82) is 0 Å². The Morgan fingerprint density at radius 3 is 1.64 bits per heavy atom. The summed E-state index contributed by atoms with van der Waals surface area (Å²) in [4.78, 5) is 0. The molecule has 0 spiro atoms. The molecule has 2 aromatic heterocycles. The molecule has 0 saturated heterocycles. The molecule has 0 aliphatic rings. The number of aromatic nitrogens is 3. The summed E-state index contributed by atoms with van der Waals surface area (Å²) < 4.78 is 8.31. The van der Waals surface area contributed by atoms with Crippen molar-refractivity contribution in [2.24, 2.45) is 0 Å². The minimum absolute atomic E-state index is 0.505. The Morgan fingerprint density at radius 2 is 0.905 bits per heavy atom. The molecule has 8 aromatic rings. The molecular weight excluding hydrogens is 514 g/mol. The van der Waals surface area contributed by atoms with Crippen molar-refractivity contribution < 1.29 is 4.42 Å². The zero-order valence-electron chi connectivity index (χ0n) is 22.7. The Morgan fingerprint density at radius 1 is 0.381 bits per heavy atom. The van der Waals surface area contributed by atoms with Crippen LogP contribution < -0.4 is 0 Å². The molecule has 0 amide bonds. The maximum absolute atomic E-state index is 5.99. The Balaban J connectivity index is 1.19. The van der Waals surface area contributed by atoms with Gasteiger partial charge in [0.2, 0.25) is 11.8 Å². The fourth-order valence-corrected chi connectivity index (χ4v) is 5.73. The minimum atomic E-state index is 0.505. The molecule has 0 atom stereocenters. The van der Waals surface area contributed by atoms with Crippen LogP contribution in [0.4, 0.5) is 0 Å². The standard InChI is InChI=1S/C38H25N3O/c1-3-10-26(11-4-1)29-14-9-15-30(24-29)31-20-23-36-34(25-31)33-16-7-8-17-35(33)41(36)32-21-18-28(19-22-32)38-40-39-37(42-38)27-12-5-2-6-13-27/h1-25H. The fourth-order valence-electron chi connectivity index (χ4n) is 5.73. The lowest BCUT2D eigenvalue weighted by Gasteiger charge is -2.09. The molecule has 0 aliphatic heterocycles. The second kappa shape index (κ2) is 10.0. The predicted molar refractivity (Wildman–Crippen MR) is 170 cm³/mol. The van der Waals surface area contributed by atoms with Crippen molar-refractivity contribution in [2.45, 2.75) is 0 Å². The van der Waals surface area contributed by atoms with Crippen molar-refractivity contribution in [1.82, 2.24) is 14.8 Å². The third-order valence-corrected chi connectivity index (χ3v) is 7.79. The summed E-state index contributed by atoms with van der Waals surface area (Å²) in [5.74, 6) is 1.02. The van der Waals surface area contributed by atoms with Gasteiger partial charge in [-0.15, -0.1) is 10.2 Å². The van der Waals surface area contributed by atoms with Gasteiger partial charge in [-0.3, -0.25) is 0 Å². The average Bonchev–Trinajstić information content (AvgIpc) is 3.69. The zero-order valence-corrected chi connectivity index (χ0v) is 22.7. The number of nitrogens with zero attached hydrogens (tertiary/aromatic N) is 3. The molecule has 0 unspecified atom stereocenters. The van der Waals surface area contributed by atoms with E-state index >= 15 is 0 Å². The monoisotopic (exact) mass is 539 g/mol. The van der Waals surface area contributed by atoms with Crippen molar-refractivity contribution in [3.63, 3.8) is 0 Å². The quantitative estimate of drug-likeness (QED) is 0.219. The van der Waals surface area contributed by atoms with Crippen LogP contribution in [0, 0.1) is 0 Å². The SMILES string of the molecule is c1ccc(-c2cccc(-c3ccc4c(c3)c3ccccc3n4-c3ccc(-c4nnc(-c5ccccc5)o4)cc3)c2)cc1. The second-order valence-corrected chi connectivity index (χ2v) is 10.4. The van der Waals surface area contributed by atoms with Gasteiger partial charge in [0.05, 0.1) is 11.0 Å². The van der Waals surface area contributed by atoms with Crippen LogP contribution in [0.15, 0.2) is 156 Å². The Kier molecular flexibility index (Phi) is 5.75. The van der Waals surface area contributed by atoms with Crippen molar-refractivity contribution >= 4 is 21.8 Å². The lowest BCUT2D eigenvalue weighted by molar-refractivity contribution is 0.584.